The molecule has 0 unspecified atom stereocenters. The maximum absolute atomic E-state index is 13.3. The fraction of sp³-hybridized carbons (Fsp3) is 0.250. The van der Waals surface area contributed by atoms with Gasteiger partial charge in [0.2, 0.25) is 0 Å². The lowest BCUT2D eigenvalue weighted by Gasteiger charge is -2.16. The minimum Gasteiger partial charge on any atom is -0.385 e. The van der Waals surface area contributed by atoms with E-state index in [9.17, 15) is 33.4 Å². The Bertz CT molecular complexity index is 1520. The number of imidazole rings is 1. The van der Waals surface area contributed by atoms with Crippen molar-refractivity contribution >= 4 is 11.6 Å². The number of aliphatic hydroxyl groups is 2. The summed E-state index contributed by atoms with van der Waals surface area (Å²) in [7, 11) is 0. The van der Waals surface area contributed by atoms with Crippen LogP contribution in [0.4, 0.5) is 13.2 Å². The van der Waals surface area contributed by atoms with Gasteiger partial charge in [-0.2, -0.15) is 18.4 Å². The molecule has 2 aromatic carbocycles. The molecule has 2 N–H and O–H groups in total. The first-order valence-electron chi connectivity index (χ1n) is 10.9. The van der Waals surface area contributed by atoms with Crippen molar-refractivity contribution in [1.82, 2.24) is 23.9 Å². The van der Waals surface area contributed by atoms with Gasteiger partial charge in [0.1, 0.15) is 12.2 Å². The van der Waals surface area contributed by atoms with Gasteiger partial charge < -0.3 is 10.2 Å². The van der Waals surface area contributed by atoms with Crippen LogP contribution in [0.25, 0.3) is 16.9 Å². The van der Waals surface area contributed by atoms with Gasteiger partial charge in [-0.15, -0.1) is 5.10 Å². The Hall–Kier alpha value is -3.92. The highest BCUT2D eigenvalue weighted by atomic mass is 35.5. The van der Waals surface area contributed by atoms with E-state index in [1.165, 1.54) is 42.1 Å². The lowest BCUT2D eigenvalue weighted by molar-refractivity contribution is -0.207. The van der Waals surface area contributed by atoms with E-state index in [-0.39, 0.29) is 29.5 Å². The lowest BCUT2D eigenvalue weighted by Crippen LogP contribution is -2.37. The molecule has 0 aliphatic heterocycles. The summed E-state index contributed by atoms with van der Waals surface area (Å²) in [5.41, 5.74) is 0.276. The van der Waals surface area contributed by atoms with Crippen molar-refractivity contribution in [2.24, 2.45) is 0 Å². The smallest absolute Gasteiger partial charge is 0.385 e. The highest BCUT2D eigenvalue weighted by Gasteiger charge is 2.39. The first-order valence-corrected chi connectivity index (χ1v) is 11.3. The number of benzene rings is 2. The topological polar surface area (TPSA) is 122 Å². The van der Waals surface area contributed by atoms with Crippen LogP contribution >= 0.6 is 11.6 Å². The van der Waals surface area contributed by atoms with Crippen LogP contribution in [0.5, 0.6) is 0 Å². The van der Waals surface area contributed by atoms with Crippen LogP contribution in [0.2, 0.25) is 5.02 Å². The van der Waals surface area contributed by atoms with E-state index in [2.05, 4.69) is 10.1 Å². The third-order valence-corrected chi connectivity index (χ3v) is 5.80. The van der Waals surface area contributed by atoms with Crippen molar-refractivity contribution in [1.29, 1.82) is 5.26 Å². The zero-order valence-corrected chi connectivity index (χ0v) is 20.0. The lowest BCUT2D eigenvalue weighted by atomic mass is 10.1. The molecule has 0 spiro atoms. The molecule has 4 aromatic rings. The van der Waals surface area contributed by atoms with Crippen molar-refractivity contribution in [3.8, 4) is 23.0 Å². The Morgan fingerprint density at radius 1 is 1.14 bits per heavy atom. The van der Waals surface area contributed by atoms with Crippen LogP contribution in [0.3, 0.4) is 0 Å². The molecule has 0 radical (unpaired) electrons. The summed E-state index contributed by atoms with van der Waals surface area (Å²) in [6.45, 7) is 0.156. The SMILES string of the molecule is C[C@H](O)c1nc(Cn2cc(-c3ccc(Cl)cc3)n(C[C@H](O)C(F)(F)F)c2=O)n(-c2ccccc2C#N)n1. The zero-order chi connectivity index (χ0) is 26.9. The molecule has 37 heavy (non-hydrogen) atoms. The molecule has 2 aromatic heterocycles. The number of rotatable bonds is 7. The zero-order valence-electron chi connectivity index (χ0n) is 19.3. The number of aliphatic hydroxyl groups excluding tert-OH is 2. The molecule has 0 aliphatic carbocycles. The summed E-state index contributed by atoms with van der Waals surface area (Å²) in [6, 6.07) is 14.6. The van der Waals surface area contributed by atoms with Gasteiger partial charge in [-0.05, 0) is 36.8 Å². The maximum atomic E-state index is 13.3. The Kier molecular flexibility index (Phi) is 7.22. The van der Waals surface area contributed by atoms with Crippen molar-refractivity contribution < 1.29 is 23.4 Å². The highest BCUT2D eigenvalue weighted by molar-refractivity contribution is 6.30. The van der Waals surface area contributed by atoms with Gasteiger partial charge in [0.05, 0.1) is 30.0 Å². The summed E-state index contributed by atoms with van der Waals surface area (Å²) in [5, 5.41) is 33.9. The number of hydrogen-bond acceptors (Lipinski definition) is 6. The van der Waals surface area contributed by atoms with Gasteiger partial charge in [0, 0.05) is 11.2 Å². The number of aromatic nitrogens is 5. The number of hydrogen-bond donors (Lipinski definition) is 2. The van der Waals surface area contributed by atoms with E-state index >= 15 is 0 Å². The summed E-state index contributed by atoms with van der Waals surface area (Å²) in [4.78, 5) is 17.6. The molecule has 0 saturated carbocycles. The number of para-hydroxylation sites is 1. The number of halogens is 4. The van der Waals surface area contributed by atoms with Gasteiger partial charge in [0.15, 0.2) is 17.8 Å². The maximum Gasteiger partial charge on any atom is 0.416 e. The highest BCUT2D eigenvalue weighted by Crippen LogP contribution is 2.26. The molecule has 0 saturated heterocycles. The molecule has 13 heteroatoms. The molecule has 192 valence electrons. The monoisotopic (exact) mass is 532 g/mol. The summed E-state index contributed by atoms with van der Waals surface area (Å²) < 4.78 is 42.7. The van der Waals surface area contributed by atoms with Crippen molar-refractivity contribution in [3.63, 3.8) is 0 Å². The first-order chi connectivity index (χ1) is 17.5. The fourth-order valence-corrected chi connectivity index (χ4v) is 3.81. The fourth-order valence-electron chi connectivity index (χ4n) is 3.69. The molecule has 4 rings (SSSR count). The molecule has 0 amide bonds. The van der Waals surface area contributed by atoms with Gasteiger partial charge in [-0.1, -0.05) is 35.9 Å². The standard InChI is InChI=1S/C24H20ClF3N6O3/c1-14(35)22-30-21(34(31-22)18-5-3-2-4-16(18)10-29)13-32-11-19(15-6-8-17(25)9-7-15)33(23(32)37)12-20(36)24(26,27)28/h2-9,11,14,20,35-36H,12-13H2,1H3/t14-,20-/m0/s1. The molecule has 2 heterocycles. The minimum absolute atomic E-state index is 0.0284. The van der Waals surface area contributed by atoms with Crippen molar-refractivity contribution in [2.45, 2.75) is 38.4 Å². The van der Waals surface area contributed by atoms with Gasteiger partial charge >= 0.3 is 11.9 Å². The molecule has 2 atom stereocenters. The van der Waals surface area contributed by atoms with Crippen molar-refractivity contribution in [3.05, 3.63) is 87.4 Å². The average Bonchev–Trinajstić information content (AvgIpc) is 3.41. The average molecular weight is 533 g/mol. The predicted octanol–water partition coefficient (Wildman–Crippen LogP) is 3.45. The van der Waals surface area contributed by atoms with Crippen LogP contribution in [0, 0.1) is 11.3 Å². The predicted molar refractivity (Wildman–Crippen MR) is 127 cm³/mol. The van der Waals surface area contributed by atoms with E-state index in [1.807, 2.05) is 6.07 Å². The van der Waals surface area contributed by atoms with Crippen LogP contribution < -0.4 is 5.69 Å². The van der Waals surface area contributed by atoms with Crippen LogP contribution in [0.15, 0.2) is 59.5 Å². The number of alkyl halides is 3. The van der Waals surface area contributed by atoms with E-state index in [4.69, 9.17) is 11.6 Å². The molecular formula is C24H20ClF3N6O3. The summed E-state index contributed by atoms with van der Waals surface area (Å²) >= 11 is 5.93. The second-order valence-electron chi connectivity index (χ2n) is 8.20. The van der Waals surface area contributed by atoms with Crippen LogP contribution in [-0.2, 0) is 13.1 Å². The van der Waals surface area contributed by atoms with Crippen molar-refractivity contribution in [2.75, 3.05) is 0 Å². The van der Waals surface area contributed by atoms with Gasteiger partial charge in [0.25, 0.3) is 0 Å². The molecule has 0 aliphatic rings. The first kappa shape index (κ1) is 26.2. The Morgan fingerprint density at radius 2 is 1.81 bits per heavy atom. The van der Waals surface area contributed by atoms with E-state index in [0.29, 0.717) is 16.3 Å². The summed E-state index contributed by atoms with van der Waals surface area (Å²) in [5.74, 6) is 0.178. The Labute approximate surface area is 213 Å². The second kappa shape index (κ2) is 10.2. The Balaban J connectivity index is 1.84. The number of nitrogens with zero attached hydrogens (tertiary/aromatic N) is 6. The second-order valence-corrected chi connectivity index (χ2v) is 8.64. The Morgan fingerprint density at radius 3 is 2.43 bits per heavy atom. The van der Waals surface area contributed by atoms with E-state index < -0.39 is 30.6 Å². The van der Waals surface area contributed by atoms with Gasteiger partial charge in [-0.3, -0.25) is 9.13 Å². The van der Waals surface area contributed by atoms with Crippen LogP contribution in [-0.4, -0.2) is 46.4 Å². The van der Waals surface area contributed by atoms with E-state index in [1.54, 1.807) is 24.3 Å². The quantitative estimate of drug-likeness (QED) is 0.376. The third-order valence-electron chi connectivity index (χ3n) is 5.55. The normalized spacial score (nSPS) is 13.4. The largest absolute Gasteiger partial charge is 0.416 e. The number of nitriles is 1. The summed E-state index contributed by atoms with van der Waals surface area (Å²) in [6.07, 6.45) is -7.44. The molecule has 9 nitrogen and oxygen atoms in total. The van der Waals surface area contributed by atoms with Gasteiger partial charge in [-0.25, -0.2) is 14.5 Å². The van der Waals surface area contributed by atoms with E-state index in [0.717, 1.165) is 9.13 Å². The third kappa shape index (κ3) is 5.43. The van der Waals surface area contributed by atoms with Crippen LogP contribution in [0.1, 0.15) is 30.2 Å². The molecular weight excluding hydrogens is 513 g/mol. The molecule has 0 bridgehead atoms. The minimum atomic E-state index is -4.94. The molecule has 0 fully saturated rings.